The van der Waals surface area contributed by atoms with Crippen LogP contribution in [0.3, 0.4) is 0 Å². The minimum absolute atomic E-state index is 0.0564. The first kappa shape index (κ1) is 15.8. The van der Waals surface area contributed by atoms with Crippen molar-refractivity contribution >= 4 is 21.7 Å². The number of aromatic nitrogens is 2. The predicted molar refractivity (Wildman–Crippen MR) is 85.8 cm³/mol. The maximum Gasteiger partial charge on any atom is 0.159 e. The number of ketones is 1. The van der Waals surface area contributed by atoms with Crippen LogP contribution in [-0.2, 0) is 19.6 Å². The van der Waals surface area contributed by atoms with Crippen molar-refractivity contribution in [2.75, 3.05) is 0 Å². The molecule has 0 bridgehead atoms. The van der Waals surface area contributed by atoms with E-state index in [1.165, 1.54) is 0 Å². The smallest absolute Gasteiger partial charge is 0.159 e. The van der Waals surface area contributed by atoms with E-state index in [9.17, 15) is 4.79 Å². The number of hydrogen-bond donors (Lipinski definition) is 0. The number of halogens is 1. The lowest BCUT2D eigenvalue weighted by molar-refractivity contribution is 0.101. The van der Waals surface area contributed by atoms with E-state index in [1.54, 1.807) is 19.1 Å². The summed E-state index contributed by atoms with van der Waals surface area (Å²) in [6.45, 7) is 6.95. The van der Waals surface area contributed by atoms with Crippen molar-refractivity contribution in [3.8, 4) is 5.75 Å². The van der Waals surface area contributed by atoms with Gasteiger partial charge < -0.3 is 4.74 Å². The molecule has 0 saturated heterocycles. The zero-order valence-electron chi connectivity index (χ0n) is 12.5. The Bertz CT molecular complexity index is 632. The van der Waals surface area contributed by atoms with Crippen LogP contribution in [0.2, 0.25) is 0 Å². The molecule has 1 aromatic carbocycles. The van der Waals surface area contributed by atoms with Crippen LogP contribution >= 0.6 is 15.9 Å². The fraction of sp³-hybridized carbons (Fsp3) is 0.375. The highest BCUT2D eigenvalue weighted by atomic mass is 79.9. The molecule has 21 heavy (non-hydrogen) atoms. The molecule has 0 amide bonds. The van der Waals surface area contributed by atoms with Crippen molar-refractivity contribution < 1.29 is 9.53 Å². The number of hydrogen-bond acceptors (Lipinski definition) is 3. The standard InChI is InChI=1S/C16H19BrN2O2/c1-4-14-16(17)15(19(5-2)18-14)10-21-13-8-6-12(7-9-13)11(3)20/h6-9H,4-5,10H2,1-3H3. The Labute approximate surface area is 133 Å². The van der Waals surface area contributed by atoms with Crippen molar-refractivity contribution in [2.45, 2.75) is 40.3 Å². The molecule has 0 unspecified atom stereocenters. The highest BCUT2D eigenvalue weighted by Crippen LogP contribution is 2.24. The van der Waals surface area contributed by atoms with E-state index >= 15 is 0 Å². The van der Waals surface area contributed by atoms with Crippen molar-refractivity contribution in [3.05, 3.63) is 45.7 Å². The zero-order valence-corrected chi connectivity index (χ0v) is 14.1. The van der Waals surface area contributed by atoms with Crippen LogP contribution in [0, 0.1) is 0 Å². The van der Waals surface area contributed by atoms with Crippen LogP contribution in [-0.4, -0.2) is 15.6 Å². The first-order valence-electron chi connectivity index (χ1n) is 7.04. The van der Waals surface area contributed by atoms with Crippen LogP contribution in [0.25, 0.3) is 0 Å². The Hall–Kier alpha value is -1.62. The first-order valence-corrected chi connectivity index (χ1v) is 7.84. The van der Waals surface area contributed by atoms with Gasteiger partial charge in [-0.15, -0.1) is 0 Å². The molecule has 0 N–H and O–H groups in total. The zero-order chi connectivity index (χ0) is 15.4. The minimum Gasteiger partial charge on any atom is -0.487 e. The van der Waals surface area contributed by atoms with Crippen LogP contribution in [0.15, 0.2) is 28.7 Å². The summed E-state index contributed by atoms with van der Waals surface area (Å²) < 4.78 is 8.78. The SMILES string of the molecule is CCc1nn(CC)c(COc2ccc(C(C)=O)cc2)c1Br. The summed E-state index contributed by atoms with van der Waals surface area (Å²) in [5, 5.41) is 4.54. The summed E-state index contributed by atoms with van der Waals surface area (Å²) in [7, 11) is 0. The fourth-order valence-corrected chi connectivity index (χ4v) is 2.77. The number of ether oxygens (including phenoxy) is 1. The molecule has 0 radical (unpaired) electrons. The summed E-state index contributed by atoms with van der Waals surface area (Å²) in [6.07, 6.45) is 0.883. The topological polar surface area (TPSA) is 44.1 Å². The Morgan fingerprint density at radius 3 is 2.48 bits per heavy atom. The molecule has 0 aliphatic heterocycles. The minimum atomic E-state index is 0.0564. The van der Waals surface area contributed by atoms with E-state index in [2.05, 4.69) is 34.9 Å². The van der Waals surface area contributed by atoms with E-state index in [4.69, 9.17) is 4.74 Å². The molecule has 2 rings (SSSR count). The second-order valence-electron chi connectivity index (χ2n) is 4.75. The van der Waals surface area contributed by atoms with E-state index in [1.807, 2.05) is 16.8 Å². The summed E-state index contributed by atoms with van der Waals surface area (Å²) in [6, 6.07) is 7.19. The van der Waals surface area contributed by atoms with Crippen molar-refractivity contribution in [1.29, 1.82) is 0 Å². The van der Waals surface area contributed by atoms with Gasteiger partial charge in [-0.3, -0.25) is 9.48 Å². The Morgan fingerprint density at radius 2 is 1.95 bits per heavy atom. The third-order valence-electron chi connectivity index (χ3n) is 3.33. The van der Waals surface area contributed by atoms with Crippen LogP contribution < -0.4 is 4.74 Å². The van der Waals surface area contributed by atoms with E-state index in [-0.39, 0.29) is 5.78 Å². The maximum absolute atomic E-state index is 11.2. The van der Waals surface area contributed by atoms with Crippen LogP contribution in [0.1, 0.15) is 42.5 Å². The van der Waals surface area contributed by atoms with E-state index in [0.717, 1.165) is 34.6 Å². The maximum atomic E-state index is 11.2. The number of rotatable bonds is 6. The molecule has 4 nitrogen and oxygen atoms in total. The van der Waals surface area contributed by atoms with Crippen molar-refractivity contribution in [3.63, 3.8) is 0 Å². The Balaban J connectivity index is 2.12. The quantitative estimate of drug-likeness (QED) is 0.739. The third kappa shape index (κ3) is 3.53. The molecule has 0 aliphatic rings. The molecule has 0 saturated carbocycles. The molecule has 0 fully saturated rings. The Morgan fingerprint density at radius 1 is 1.29 bits per heavy atom. The lowest BCUT2D eigenvalue weighted by atomic mass is 10.1. The predicted octanol–water partition coefficient (Wildman–Crippen LogP) is 4.01. The number of nitrogens with zero attached hydrogens (tertiary/aromatic N) is 2. The average molecular weight is 351 g/mol. The van der Waals surface area contributed by atoms with Gasteiger partial charge in [-0.1, -0.05) is 6.92 Å². The number of carbonyl (C=O) groups is 1. The highest BCUT2D eigenvalue weighted by Gasteiger charge is 2.14. The van der Waals surface area contributed by atoms with Crippen LogP contribution in [0.4, 0.5) is 0 Å². The van der Waals surface area contributed by atoms with E-state index in [0.29, 0.717) is 12.2 Å². The van der Waals surface area contributed by atoms with Gasteiger partial charge in [0.15, 0.2) is 5.78 Å². The molecule has 0 spiro atoms. The summed E-state index contributed by atoms with van der Waals surface area (Å²) in [5.41, 5.74) is 2.77. The molecule has 112 valence electrons. The van der Waals surface area contributed by atoms with Crippen molar-refractivity contribution in [2.24, 2.45) is 0 Å². The summed E-state index contributed by atoms with van der Waals surface area (Å²) in [4.78, 5) is 11.2. The molecule has 5 heteroatoms. The number of benzene rings is 1. The van der Waals surface area contributed by atoms with Gasteiger partial charge in [0.2, 0.25) is 0 Å². The molecular formula is C16H19BrN2O2. The highest BCUT2D eigenvalue weighted by molar-refractivity contribution is 9.10. The van der Waals surface area contributed by atoms with Gasteiger partial charge in [0.1, 0.15) is 12.4 Å². The van der Waals surface area contributed by atoms with Gasteiger partial charge in [-0.2, -0.15) is 5.10 Å². The van der Waals surface area contributed by atoms with Gasteiger partial charge in [0.05, 0.1) is 15.9 Å². The average Bonchev–Trinajstić information content (AvgIpc) is 2.81. The van der Waals surface area contributed by atoms with E-state index < -0.39 is 0 Å². The van der Waals surface area contributed by atoms with Gasteiger partial charge >= 0.3 is 0 Å². The first-order chi connectivity index (χ1) is 10.1. The second kappa shape index (κ2) is 6.89. The van der Waals surface area contributed by atoms with Crippen molar-refractivity contribution in [1.82, 2.24) is 9.78 Å². The molecule has 1 heterocycles. The molecular weight excluding hydrogens is 332 g/mol. The normalized spacial score (nSPS) is 10.7. The Kier molecular flexibility index (Phi) is 5.17. The second-order valence-corrected chi connectivity index (χ2v) is 5.54. The largest absolute Gasteiger partial charge is 0.487 e. The molecule has 0 atom stereocenters. The van der Waals surface area contributed by atoms with Crippen LogP contribution in [0.5, 0.6) is 5.75 Å². The fourth-order valence-electron chi connectivity index (χ4n) is 2.09. The van der Waals surface area contributed by atoms with Gasteiger partial charge in [-0.05, 0) is 60.5 Å². The third-order valence-corrected chi connectivity index (χ3v) is 4.25. The van der Waals surface area contributed by atoms with Gasteiger partial charge in [0, 0.05) is 12.1 Å². The van der Waals surface area contributed by atoms with Gasteiger partial charge in [-0.25, -0.2) is 0 Å². The monoisotopic (exact) mass is 350 g/mol. The summed E-state index contributed by atoms with van der Waals surface area (Å²) in [5.74, 6) is 0.801. The number of aryl methyl sites for hydroxylation is 2. The lowest BCUT2D eigenvalue weighted by Gasteiger charge is -2.08. The van der Waals surface area contributed by atoms with Gasteiger partial charge in [0.25, 0.3) is 0 Å². The summed E-state index contributed by atoms with van der Waals surface area (Å²) >= 11 is 3.60. The lowest BCUT2D eigenvalue weighted by Crippen LogP contribution is -2.06. The number of Topliss-reactive ketones (excluding diaryl/α,β-unsaturated/α-hetero) is 1. The number of carbonyl (C=O) groups excluding carboxylic acids is 1. The molecule has 0 aliphatic carbocycles. The molecule has 1 aromatic heterocycles. The molecule has 2 aromatic rings.